The van der Waals surface area contributed by atoms with Crippen LogP contribution in [0, 0.1) is 0 Å². The number of carbonyl (C=O) groups is 1. The van der Waals surface area contributed by atoms with Crippen molar-refractivity contribution in [1.82, 2.24) is 15.0 Å². The van der Waals surface area contributed by atoms with E-state index < -0.39 is 11.7 Å². The maximum atomic E-state index is 14.2. The summed E-state index contributed by atoms with van der Waals surface area (Å²) < 4.78 is 47.6. The molecule has 196 valence electrons. The molecule has 1 fully saturated rings. The molecule has 1 N–H and O–H groups in total. The van der Waals surface area contributed by atoms with E-state index in [4.69, 9.17) is 4.52 Å². The molecule has 2 aromatic carbocycles. The van der Waals surface area contributed by atoms with Crippen LogP contribution in [-0.4, -0.2) is 62.6 Å². The predicted octanol–water partition coefficient (Wildman–Crippen LogP) is 4.88. The molecule has 0 radical (unpaired) electrons. The Morgan fingerprint density at radius 3 is 2.68 bits per heavy atom. The van der Waals surface area contributed by atoms with E-state index in [0.29, 0.717) is 42.8 Å². The van der Waals surface area contributed by atoms with Crippen LogP contribution < -0.4 is 0 Å². The molecule has 1 aliphatic heterocycles. The van der Waals surface area contributed by atoms with Crippen LogP contribution in [0.1, 0.15) is 33.6 Å². The third-order valence-electron chi connectivity index (χ3n) is 7.13. The van der Waals surface area contributed by atoms with Crippen molar-refractivity contribution in [2.24, 2.45) is 0 Å². The number of hydrogen-bond donors (Lipinski definition) is 1. The molecule has 0 saturated carbocycles. The van der Waals surface area contributed by atoms with Crippen LogP contribution in [0.4, 0.5) is 13.2 Å². The number of rotatable bonds is 4. The molecule has 4 aromatic rings. The monoisotopic (exact) mass is 601 g/mol. The van der Waals surface area contributed by atoms with Crippen molar-refractivity contribution in [2.45, 2.75) is 29.6 Å². The maximum absolute atomic E-state index is 14.2. The number of benzene rings is 2. The molecule has 3 heterocycles. The van der Waals surface area contributed by atoms with Gasteiger partial charge in [-0.1, -0.05) is 35.5 Å². The van der Waals surface area contributed by atoms with E-state index in [1.807, 2.05) is 12.1 Å². The van der Waals surface area contributed by atoms with Gasteiger partial charge in [-0.05, 0) is 0 Å². The summed E-state index contributed by atoms with van der Waals surface area (Å²) in [4.78, 5) is 20.2. The predicted molar refractivity (Wildman–Crippen MR) is 140 cm³/mol. The van der Waals surface area contributed by atoms with Crippen molar-refractivity contribution in [2.75, 3.05) is 19.7 Å². The standard InChI is InChI=1S/C27H23AsF3N3O3S/c28-26(14-35)10-11-34(13-26)25(36)17-6-8-18-16(12-17)7-9-19-23(18)38-24(32-19)22-20(27(29,30)31)21(33-37-22)15-4-2-1-3-5-15/h1-6,8,12,35H,7,9-11,13-14,28H2. The van der Waals surface area contributed by atoms with Gasteiger partial charge >= 0.3 is 159 Å². The van der Waals surface area contributed by atoms with Gasteiger partial charge in [-0.2, -0.15) is 13.2 Å². The van der Waals surface area contributed by atoms with Gasteiger partial charge < -0.3 is 4.52 Å². The summed E-state index contributed by atoms with van der Waals surface area (Å²) in [6.07, 6.45) is -2.72. The zero-order chi connectivity index (χ0) is 26.7. The average molecular weight is 601 g/mol. The molecule has 38 heavy (non-hydrogen) atoms. The first-order valence-corrected chi connectivity index (χ1v) is 14.1. The van der Waals surface area contributed by atoms with E-state index in [-0.39, 0.29) is 33.2 Å². The van der Waals surface area contributed by atoms with Gasteiger partial charge in [-0.25, -0.2) is 0 Å². The van der Waals surface area contributed by atoms with Gasteiger partial charge in [0.05, 0.1) is 0 Å². The summed E-state index contributed by atoms with van der Waals surface area (Å²) in [5, 5.41) is 13.6. The zero-order valence-corrected chi connectivity index (χ0v) is 23.3. The number of aliphatic hydroxyl groups is 1. The second-order valence-corrected chi connectivity index (χ2v) is 13.3. The molecule has 0 bridgehead atoms. The number of likely N-dealkylation sites (tertiary alicyclic amines) is 1. The SMILES string of the molecule is O=C(c1ccc2c(c1)CCc1nc(-c3onc(-c4ccccc4)c3C(F)(F)F)sc1-2)N1CCC([AsH2])(CO)C1. The number of aromatic nitrogens is 2. The molecule has 2 unspecified atom stereocenters. The number of carbonyl (C=O) groups excluding carboxylic acids is 1. The first kappa shape index (κ1) is 25.3. The minimum absolute atomic E-state index is 0.0611. The van der Waals surface area contributed by atoms with Gasteiger partial charge in [0.15, 0.2) is 0 Å². The second-order valence-electron chi connectivity index (χ2n) is 9.76. The Hall–Kier alpha value is -2.94. The van der Waals surface area contributed by atoms with Crippen molar-refractivity contribution >= 4 is 34.1 Å². The quantitative estimate of drug-likeness (QED) is 0.338. The zero-order valence-electron chi connectivity index (χ0n) is 20.1. The average Bonchev–Trinajstić information content (AvgIpc) is 3.65. The second kappa shape index (κ2) is 9.36. The van der Waals surface area contributed by atoms with E-state index >= 15 is 0 Å². The number of hydrogen-bond acceptors (Lipinski definition) is 6. The summed E-state index contributed by atoms with van der Waals surface area (Å²) in [5.41, 5.74) is 2.25. The molecule has 6 rings (SSSR count). The number of aryl methyl sites for hydroxylation is 2. The number of nitrogens with zero attached hydrogens (tertiary/aromatic N) is 3. The first-order chi connectivity index (χ1) is 18.2. The van der Waals surface area contributed by atoms with Gasteiger partial charge in [0.1, 0.15) is 11.3 Å². The van der Waals surface area contributed by atoms with Gasteiger partial charge in [-0.3, -0.25) is 0 Å². The Kier molecular flexibility index (Phi) is 6.24. The summed E-state index contributed by atoms with van der Waals surface area (Å²) in [6.45, 7) is 1.21. The normalized spacial score (nSPS) is 18.9. The fourth-order valence-electron chi connectivity index (χ4n) is 5.11. The Morgan fingerprint density at radius 2 is 1.97 bits per heavy atom. The van der Waals surface area contributed by atoms with Crippen LogP contribution in [0.2, 0.25) is 4.20 Å². The van der Waals surface area contributed by atoms with Crippen LogP contribution in [0.25, 0.3) is 32.5 Å². The third-order valence-corrected chi connectivity index (χ3v) is 9.63. The fraction of sp³-hybridized carbons (Fsp3) is 0.296. The van der Waals surface area contributed by atoms with E-state index in [1.54, 1.807) is 41.3 Å². The molecule has 1 amide bonds. The van der Waals surface area contributed by atoms with Crippen LogP contribution in [-0.2, 0) is 19.0 Å². The first-order valence-electron chi connectivity index (χ1n) is 12.1. The van der Waals surface area contributed by atoms with Crippen LogP contribution in [0.15, 0.2) is 53.1 Å². The Morgan fingerprint density at radius 1 is 1.18 bits per heavy atom. The fourth-order valence-corrected chi connectivity index (χ4v) is 7.00. The number of amides is 1. The molecule has 2 atom stereocenters. The Bertz CT molecular complexity index is 1540. The van der Waals surface area contributed by atoms with Gasteiger partial charge in [-0.15, -0.1) is 0 Å². The summed E-state index contributed by atoms with van der Waals surface area (Å²) in [5.74, 6) is -0.451. The van der Waals surface area contributed by atoms with Crippen molar-refractivity contribution in [3.05, 3.63) is 70.9 Å². The van der Waals surface area contributed by atoms with Crippen molar-refractivity contribution < 1.29 is 27.6 Å². The molecular formula is C27H23AsF3N3O3S. The number of alkyl halides is 3. The molecule has 6 nitrogen and oxygen atoms in total. The van der Waals surface area contributed by atoms with Crippen LogP contribution in [0.3, 0.4) is 0 Å². The molecule has 1 aliphatic carbocycles. The summed E-state index contributed by atoms with van der Waals surface area (Å²) >= 11 is 2.60. The van der Waals surface area contributed by atoms with Crippen LogP contribution in [0.5, 0.6) is 0 Å². The van der Waals surface area contributed by atoms with Gasteiger partial charge in [0, 0.05) is 5.56 Å². The van der Waals surface area contributed by atoms with Gasteiger partial charge in [0.25, 0.3) is 0 Å². The number of thiazole rings is 1. The molecule has 2 aromatic heterocycles. The van der Waals surface area contributed by atoms with E-state index in [0.717, 1.165) is 33.8 Å². The van der Waals surface area contributed by atoms with Gasteiger partial charge in [0.2, 0.25) is 0 Å². The van der Waals surface area contributed by atoms with Crippen LogP contribution >= 0.6 is 11.3 Å². The Balaban J connectivity index is 1.34. The topological polar surface area (TPSA) is 79.5 Å². The summed E-state index contributed by atoms with van der Waals surface area (Å²) in [7, 11) is 0. The number of aliphatic hydroxyl groups excluding tert-OH is 1. The van der Waals surface area contributed by atoms with E-state index in [9.17, 15) is 23.1 Å². The third kappa shape index (κ3) is 4.38. The van der Waals surface area contributed by atoms with Crippen molar-refractivity contribution in [1.29, 1.82) is 0 Å². The minimum atomic E-state index is -4.68. The van der Waals surface area contributed by atoms with Crippen molar-refractivity contribution in [3.63, 3.8) is 0 Å². The molecule has 0 spiro atoms. The van der Waals surface area contributed by atoms with E-state index in [2.05, 4.69) is 10.1 Å². The van der Waals surface area contributed by atoms with E-state index in [1.165, 1.54) is 16.9 Å². The summed E-state index contributed by atoms with van der Waals surface area (Å²) in [6, 6.07) is 13.6. The Labute approximate surface area is 229 Å². The number of fused-ring (bicyclic) bond motifs is 3. The molecule has 2 aliphatic rings. The number of halogens is 3. The van der Waals surface area contributed by atoms with Crippen molar-refractivity contribution in [3.8, 4) is 32.5 Å². The molecule has 1 saturated heterocycles. The molecule has 11 heteroatoms. The molecular weight excluding hydrogens is 578 g/mol.